The first-order chi connectivity index (χ1) is 8.69. The molecule has 104 valence electrons. The predicted molar refractivity (Wildman–Crippen MR) is 69.3 cm³/mol. The number of likely N-dealkylation sites (N-methyl/N-ethyl adjacent to an activating group) is 1. The molecule has 0 radical (unpaired) electrons. The summed E-state index contributed by atoms with van der Waals surface area (Å²) in [5.41, 5.74) is 5.59. The van der Waals surface area contributed by atoms with E-state index >= 15 is 0 Å². The van der Waals surface area contributed by atoms with Crippen LogP contribution in [0.5, 0.6) is 0 Å². The number of carbonyl (C=O) groups excluding carboxylic acids is 1. The van der Waals surface area contributed by atoms with Crippen LogP contribution in [-0.4, -0.2) is 92.7 Å². The standard InChI is InChI=1S/C12H24N4O2/c1-14-2-4-15(5-3-14)6-7-16-9-11(8-13)18-10-12(16)17/h11H,2-10,13H2,1H3. The highest BCUT2D eigenvalue weighted by Crippen LogP contribution is 2.06. The Morgan fingerprint density at radius 2 is 2.00 bits per heavy atom. The number of carbonyl (C=O) groups is 1. The number of morpholine rings is 1. The average Bonchev–Trinajstić information content (AvgIpc) is 2.40. The molecule has 2 aliphatic heterocycles. The van der Waals surface area contributed by atoms with E-state index < -0.39 is 0 Å². The molecule has 0 bridgehead atoms. The van der Waals surface area contributed by atoms with Crippen LogP contribution in [0, 0.1) is 0 Å². The molecule has 6 heteroatoms. The SMILES string of the molecule is CN1CCN(CCN2CC(CN)OCC2=O)CC1. The molecule has 2 N–H and O–H groups in total. The topological polar surface area (TPSA) is 62.0 Å². The Hall–Kier alpha value is -0.690. The van der Waals surface area contributed by atoms with E-state index in [1.807, 2.05) is 4.90 Å². The number of nitrogens with two attached hydrogens (primary N) is 1. The van der Waals surface area contributed by atoms with Crippen molar-refractivity contribution in [2.24, 2.45) is 5.73 Å². The summed E-state index contributed by atoms with van der Waals surface area (Å²) in [6.45, 7) is 7.47. The molecule has 2 heterocycles. The quantitative estimate of drug-likeness (QED) is 0.658. The second kappa shape index (κ2) is 6.47. The van der Waals surface area contributed by atoms with Crippen molar-refractivity contribution in [3.63, 3.8) is 0 Å². The van der Waals surface area contributed by atoms with Crippen molar-refractivity contribution in [2.75, 3.05) is 66.0 Å². The van der Waals surface area contributed by atoms with Crippen LogP contribution in [-0.2, 0) is 9.53 Å². The first-order valence-corrected chi connectivity index (χ1v) is 6.69. The van der Waals surface area contributed by atoms with E-state index in [0.717, 1.165) is 39.3 Å². The normalized spacial score (nSPS) is 27.8. The lowest BCUT2D eigenvalue weighted by molar-refractivity contribution is -0.148. The van der Waals surface area contributed by atoms with Crippen LogP contribution < -0.4 is 5.73 Å². The molecule has 1 unspecified atom stereocenters. The summed E-state index contributed by atoms with van der Waals surface area (Å²) in [5.74, 6) is 0.0915. The zero-order chi connectivity index (χ0) is 13.0. The highest BCUT2D eigenvalue weighted by atomic mass is 16.5. The van der Waals surface area contributed by atoms with E-state index in [-0.39, 0.29) is 18.6 Å². The third kappa shape index (κ3) is 3.65. The highest BCUT2D eigenvalue weighted by molar-refractivity contribution is 5.78. The molecule has 2 aliphatic rings. The van der Waals surface area contributed by atoms with Crippen molar-refractivity contribution >= 4 is 5.91 Å². The second-order valence-corrected chi connectivity index (χ2v) is 5.15. The Balaban J connectivity index is 1.73. The first-order valence-electron chi connectivity index (χ1n) is 6.69. The molecule has 1 amide bonds. The van der Waals surface area contributed by atoms with Crippen LogP contribution in [0.1, 0.15) is 0 Å². The van der Waals surface area contributed by atoms with Gasteiger partial charge in [0, 0.05) is 52.4 Å². The third-order valence-electron chi connectivity index (χ3n) is 3.76. The fraction of sp³-hybridized carbons (Fsp3) is 0.917. The molecule has 0 aromatic rings. The van der Waals surface area contributed by atoms with Crippen molar-refractivity contribution in [1.29, 1.82) is 0 Å². The lowest BCUT2D eigenvalue weighted by Crippen LogP contribution is -2.52. The molecule has 0 aromatic heterocycles. The Bertz CT molecular complexity index is 279. The summed E-state index contributed by atoms with van der Waals surface area (Å²) in [7, 11) is 2.15. The van der Waals surface area contributed by atoms with Crippen molar-refractivity contribution in [2.45, 2.75) is 6.10 Å². The predicted octanol–water partition coefficient (Wildman–Crippen LogP) is -1.58. The number of ether oxygens (including phenoxy) is 1. The van der Waals surface area contributed by atoms with Gasteiger partial charge in [0.15, 0.2) is 0 Å². The zero-order valence-electron chi connectivity index (χ0n) is 11.2. The molecule has 2 rings (SSSR count). The molecule has 6 nitrogen and oxygen atoms in total. The van der Waals surface area contributed by atoms with E-state index in [1.54, 1.807) is 0 Å². The van der Waals surface area contributed by atoms with Gasteiger partial charge in [-0.25, -0.2) is 0 Å². The Labute approximate surface area is 109 Å². The van der Waals surface area contributed by atoms with Crippen LogP contribution in [0.25, 0.3) is 0 Å². The van der Waals surface area contributed by atoms with E-state index in [0.29, 0.717) is 13.1 Å². The number of hydrogen-bond donors (Lipinski definition) is 1. The van der Waals surface area contributed by atoms with Crippen LogP contribution in [0.3, 0.4) is 0 Å². The molecule has 0 saturated carbocycles. The average molecular weight is 256 g/mol. The Morgan fingerprint density at radius 1 is 1.28 bits per heavy atom. The fourth-order valence-corrected chi connectivity index (χ4v) is 2.37. The maximum Gasteiger partial charge on any atom is 0.248 e. The van der Waals surface area contributed by atoms with Gasteiger partial charge < -0.3 is 20.3 Å². The van der Waals surface area contributed by atoms with Gasteiger partial charge in [0.25, 0.3) is 0 Å². The number of rotatable bonds is 4. The highest BCUT2D eigenvalue weighted by Gasteiger charge is 2.25. The number of piperazine rings is 1. The van der Waals surface area contributed by atoms with Crippen LogP contribution in [0.2, 0.25) is 0 Å². The molecule has 0 aliphatic carbocycles. The molecule has 0 aromatic carbocycles. The third-order valence-corrected chi connectivity index (χ3v) is 3.76. The lowest BCUT2D eigenvalue weighted by Gasteiger charge is -2.36. The monoisotopic (exact) mass is 256 g/mol. The summed E-state index contributed by atoms with van der Waals surface area (Å²) in [4.78, 5) is 18.4. The summed E-state index contributed by atoms with van der Waals surface area (Å²) in [5, 5.41) is 0. The summed E-state index contributed by atoms with van der Waals surface area (Å²) in [6, 6.07) is 0. The van der Waals surface area contributed by atoms with E-state index in [2.05, 4.69) is 16.8 Å². The first kappa shape index (κ1) is 13.7. The van der Waals surface area contributed by atoms with Gasteiger partial charge in [0.2, 0.25) is 5.91 Å². The van der Waals surface area contributed by atoms with Gasteiger partial charge in [0.1, 0.15) is 6.61 Å². The largest absolute Gasteiger partial charge is 0.365 e. The minimum Gasteiger partial charge on any atom is -0.365 e. The minimum absolute atomic E-state index is 0.00943. The summed E-state index contributed by atoms with van der Waals surface area (Å²) < 4.78 is 5.34. The number of amides is 1. The number of hydrogen-bond acceptors (Lipinski definition) is 5. The second-order valence-electron chi connectivity index (χ2n) is 5.15. The maximum atomic E-state index is 11.7. The van der Waals surface area contributed by atoms with Crippen molar-refractivity contribution < 1.29 is 9.53 Å². The van der Waals surface area contributed by atoms with Crippen molar-refractivity contribution in [3.8, 4) is 0 Å². The van der Waals surface area contributed by atoms with Gasteiger partial charge in [-0.05, 0) is 7.05 Å². The van der Waals surface area contributed by atoms with Gasteiger partial charge in [-0.1, -0.05) is 0 Å². The van der Waals surface area contributed by atoms with Crippen LogP contribution in [0.15, 0.2) is 0 Å². The Kier molecular flexibility index (Phi) is 4.94. The smallest absolute Gasteiger partial charge is 0.248 e. The van der Waals surface area contributed by atoms with Crippen LogP contribution >= 0.6 is 0 Å². The molecule has 18 heavy (non-hydrogen) atoms. The molecule has 2 fully saturated rings. The van der Waals surface area contributed by atoms with Gasteiger partial charge in [0.05, 0.1) is 6.10 Å². The lowest BCUT2D eigenvalue weighted by atomic mass is 10.2. The van der Waals surface area contributed by atoms with Gasteiger partial charge >= 0.3 is 0 Å². The molecular weight excluding hydrogens is 232 g/mol. The fourth-order valence-electron chi connectivity index (χ4n) is 2.37. The molecule has 0 spiro atoms. The molecule has 2 saturated heterocycles. The Morgan fingerprint density at radius 3 is 2.67 bits per heavy atom. The minimum atomic E-state index is 0.00943. The maximum absolute atomic E-state index is 11.7. The summed E-state index contributed by atoms with van der Waals surface area (Å²) in [6.07, 6.45) is 0.00943. The van der Waals surface area contributed by atoms with E-state index in [1.165, 1.54) is 0 Å². The van der Waals surface area contributed by atoms with E-state index in [4.69, 9.17) is 10.5 Å². The van der Waals surface area contributed by atoms with Gasteiger partial charge in [-0.3, -0.25) is 9.69 Å². The van der Waals surface area contributed by atoms with Crippen LogP contribution in [0.4, 0.5) is 0 Å². The molecule has 1 atom stereocenters. The van der Waals surface area contributed by atoms with Crippen molar-refractivity contribution in [1.82, 2.24) is 14.7 Å². The number of nitrogens with zero attached hydrogens (tertiary/aromatic N) is 3. The van der Waals surface area contributed by atoms with Gasteiger partial charge in [-0.2, -0.15) is 0 Å². The van der Waals surface area contributed by atoms with Gasteiger partial charge in [-0.15, -0.1) is 0 Å². The summed E-state index contributed by atoms with van der Waals surface area (Å²) >= 11 is 0. The molecular formula is C12H24N4O2. The van der Waals surface area contributed by atoms with Crippen molar-refractivity contribution in [3.05, 3.63) is 0 Å². The zero-order valence-corrected chi connectivity index (χ0v) is 11.2. The van der Waals surface area contributed by atoms with E-state index in [9.17, 15) is 4.79 Å².